The van der Waals surface area contributed by atoms with Crippen LogP contribution in [0.15, 0.2) is 0 Å². The normalized spacial score (nSPS) is 18.0. The average Bonchev–Trinajstić information content (AvgIpc) is 2.30. The predicted molar refractivity (Wildman–Crippen MR) is 69.0 cm³/mol. The first-order valence-corrected chi connectivity index (χ1v) is 5.83. The van der Waals surface area contributed by atoms with E-state index in [4.69, 9.17) is 9.84 Å². The minimum Gasteiger partial charge on any atom is -0.480 e. The smallest absolute Gasteiger partial charge is 0.320 e. The molecule has 1 aliphatic heterocycles. The van der Waals surface area contributed by atoms with Crippen LogP contribution < -0.4 is 0 Å². The Kier molecular flexibility index (Phi) is 7.90. The number of piperazine rings is 1. The fourth-order valence-electron chi connectivity index (χ4n) is 2.09. The molecule has 1 unspecified atom stereocenters. The summed E-state index contributed by atoms with van der Waals surface area (Å²) in [5.74, 6) is -0.820. The number of carboxylic acid groups (broad SMARTS) is 1. The van der Waals surface area contributed by atoms with Gasteiger partial charge in [0, 0.05) is 33.3 Å². The number of ether oxygens (including phenoxy) is 1. The molecule has 1 atom stereocenters. The van der Waals surface area contributed by atoms with Gasteiger partial charge in [0.15, 0.2) is 0 Å². The third-order valence-corrected chi connectivity index (χ3v) is 3.05. The van der Waals surface area contributed by atoms with Crippen LogP contribution in [0.25, 0.3) is 0 Å². The van der Waals surface area contributed by atoms with Crippen LogP contribution in [-0.4, -0.2) is 72.7 Å². The van der Waals surface area contributed by atoms with Crippen molar-refractivity contribution in [1.29, 1.82) is 0 Å². The first kappa shape index (κ1) is 17.2. The van der Waals surface area contributed by atoms with Crippen LogP contribution in [0.2, 0.25) is 0 Å². The Hall–Kier alpha value is -0.850. The van der Waals surface area contributed by atoms with Gasteiger partial charge in [0.05, 0.1) is 0 Å². The second kappa shape index (κ2) is 8.29. The van der Waals surface area contributed by atoms with Gasteiger partial charge in [0.2, 0.25) is 5.91 Å². The standard InChI is InChI=1S/C11H20N2O4.ClH/c1-3-9(11(15)16)12-4-6-13(7-5-12)10(14)8-17-2;/h9H,3-8H2,1-2H3,(H,15,16);1H. The third-order valence-electron chi connectivity index (χ3n) is 3.05. The van der Waals surface area contributed by atoms with Gasteiger partial charge in [-0.25, -0.2) is 0 Å². The molecule has 0 aromatic heterocycles. The molecule has 0 radical (unpaired) electrons. The minimum atomic E-state index is -0.788. The van der Waals surface area contributed by atoms with Crippen molar-refractivity contribution in [3.8, 4) is 0 Å². The second-order valence-corrected chi connectivity index (χ2v) is 4.11. The van der Waals surface area contributed by atoms with Crippen molar-refractivity contribution in [2.75, 3.05) is 39.9 Å². The number of methoxy groups -OCH3 is 1. The number of aliphatic carboxylic acids is 1. The lowest BCUT2D eigenvalue weighted by Crippen LogP contribution is -2.54. The Morgan fingerprint density at radius 3 is 2.22 bits per heavy atom. The Morgan fingerprint density at radius 2 is 1.83 bits per heavy atom. The largest absolute Gasteiger partial charge is 0.480 e. The lowest BCUT2D eigenvalue weighted by atomic mass is 10.1. The van der Waals surface area contributed by atoms with E-state index in [2.05, 4.69) is 0 Å². The highest BCUT2D eigenvalue weighted by Crippen LogP contribution is 2.09. The summed E-state index contributed by atoms with van der Waals surface area (Å²) in [6.45, 7) is 4.33. The maximum Gasteiger partial charge on any atom is 0.320 e. The van der Waals surface area contributed by atoms with Gasteiger partial charge in [-0.3, -0.25) is 14.5 Å². The zero-order chi connectivity index (χ0) is 12.8. The summed E-state index contributed by atoms with van der Waals surface area (Å²) in [5, 5.41) is 9.04. The van der Waals surface area contributed by atoms with Gasteiger partial charge in [-0.2, -0.15) is 0 Å². The number of carbonyl (C=O) groups is 2. The molecule has 7 heteroatoms. The van der Waals surface area contributed by atoms with E-state index in [1.165, 1.54) is 7.11 Å². The number of carboxylic acids is 1. The average molecular weight is 281 g/mol. The number of hydrogen-bond donors (Lipinski definition) is 1. The Labute approximate surface area is 113 Å². The van der Waals surface area contributed by atoms with Crippen molar-refractivity contribution in [3.63, 3.8) is 0 Å². The van der Waals surface area contributed by atoms with Gasteiger partial charge in [0.1, 0.15) is 12.6 Å². The number of rotatable bonds is 5. The molecule has 18 heavy (non-hydrogen) atoms. The monoisotopic (exact) mass is 280 g/mol. The molecule has 0 saturated carbocycles. The molecule has 0 aromatic carbocycles. The van der Waals surface area contributed by atoms with Gasteiger partial charge in [-0.05, 0) is 6.42 Å². The van der Waals surface area contributed by atoms with Gasteiger partial charge in [-0.15, -0.1) is 12.4 Å². The van der Waals surface area contributed by atoms with Gasteiger partial charge < -0.3 is 14.7 Å². The molecule has 106 valence electrons. The molecule has 0 aliphatic carbocycles. The van der Waals surface area contributed by atoms with E-state index in [-0.39, 0.29) is 24.9 Å². The maximum atomic E-state index is 11.5. The molecule has 0 aromatic rings. The lowest BCUT2D eigenvalue weighted by molar-refractivity contribution is -0.145. The Balaban J connectivity index is 0.00000289. The summed E-state index contributed by atoms with van der Waals surface area (Å²) in [6.07, 6.45) is 0.585. The van der Waals surface area contributed by atoms with Gasteiger partial charge in [-0.1, -0.05) is 6.92 Å². The third kappa shape index (κ3) is 4.44. The molecule has 0 bridgehead atoms. The van der Waals surface area contributed by atoms with E-state index in [9.17, 15) is 9.59 Å². The molecule has 6 nitrogen and oxygen atoms in total. The highest BCUT2D eigenvalue weighted by Gasteiger charge is 2.28. The van der Waals surface area contributed by atoms with Crippen LogP contribution in [0.3, 0.4) is 0 Å². The molecule has 1 heterocycles. The van der Waals surface area contributed by atoms with Crippen LogP contribution in [0.5, 0.6) is 0 Å². The van der Waals surface area contributed by atoms with Crippen LogP contribution in [0.4, 0.5) is 0 Å². The van der Waals surface area contributed by atoms with Crippen molar-refractivity contribution in [2.45, 2.75) is 19.4 Å². The molecular weight excluding hydrogens is 260 g/mol. The van der Waals surface area contributed by atoms with Gasteiger partial charge in [0.25, 0.3) is 0 Å². The topological polar surface area (TPSA) is 70.1 Å². The van der Waals surface area contributed by atoms with Crippen molar-refractivity contribution in [2.24, 2.45) is 0 Å². The van der Waals surface area contributed by atoms with Gasteiger partial charge >= 0.3 is 5.97 Å². The fraction of sp³-hybridized carbons (Fsp3) is 0.818. The van der Waals surface area contributed by atoms with Crippen LogP contribution in [-0.2, 0) is 14.3 Å². The van der Waals surface area contributed by atoms with E-state index >= 15 is 0 Å². The molecule has 1 aliphatic rings. The number of amides is 1. The highest BCUT2D eigenvalue weighted by atomic mass is 35.5. The molecule has 0 spiro atoms. The van der Waals surface area contributed by atoms with E-state index < -0.39 is 12.0 Å². The van der Waals surface area contributed by atoms with E-state index in [0.717, 1.165) is 0 Å². The maximum absolute atomic E-state index is 11.5. The summed E-state index contributed by atoms with van der Waals surface area (Å²) in [5.41, 5.74) is 0. The second-order valence-electron chi connectivity index (χ2n) is 4.11. The SMILES string of the molecule is CCC(C(=O)O)N1CCN(C(=O)COC)CC1.Cl. The number of halogens is 1. The van der Waals surface area contributed by atoms with E-state index in [0.29, 0.717) is 32.6 Å². The van der Waals surface area contributed by atoms with E-state index in [1.807, 2.05) is 11.8 Å². The summed E-state index contributed by atoms with van der Waals surface area (Å²) < 4.78 is 4.79. The van der Waals surface area contributed by atoms with Crippen molar-refractivity contribution < 1.29 is 19.4 Å². The van der Waals surface area contributed by atoms with Crippen LogP contribution in [0, 0.1) is 0 Å². The predicted octanol–water partition coefficient (Wildman–Crippen LogP) is 0.0620. The summed E-state index contributed by atoms with van der Waals surface area (Å²) >= 11 is 0. The molecular formula is C11H21ClN2O4. The highest BCUT2D eigenvalue weighted by molar-refractivity contribution is 5.85. The first-order chi connectivity index (χ1) is 8.10. The molecule has 1 amide bonds. The first-order valence-electron chi connectivity index (χ1n) is 5.83. The Bertz CT molecular complexity index is 280. The summed E-state index contributed by atoms with van der Waals surface area (Å²) in [4.78, 5) is 26.2. The van der Waals surface area contributed by atoms with Crippen LogP contribution in [0.1, 0.15) is 13.3 Å². The lowest BCUT2D eigenvalue weighted by Gasteiger charge is -2.37. The fourth-order valence-corrected chi connectivity index (χ4v) is 2.09. The quantitative estimate of drug-likeness (QED) is 0.771. The van der Waals surface area contributed by atoms with Crippen molar-refractivity contribution in [3.05, 3.63) is 0 Å². The zero-order valence-electron chi connectivity index (χ0n) is 10.8. The number of nitrogens with zero attached hydrogens (tertiary/aromatic N) is 2. The van der Waals surface area contributed by atoms with Crippen LogP contribution >= 0.6 is 12.4 Å². The molecule has 1 saturated heterocycles. The summed E-state index contributed by atoms with van der Waals surface area (Å²) in [6, 6.07) is -0.435. The van der Waals surface area contributed by atoms with Crippen molar-refractivity contribution in [1.82, 2.24) is 9.80 Å². The summed E-state index contributed by atoms with van der Waals surface area (Å²) in [7, 11) is 1.49. The number of carbonyl (C=O) groups excluding carboxylic acids is 1. The molecule has 1 N–H and O–H groups in total. The number of hydrogen-bond acceptors (Lipinski definition) is 4. The Morgan fingerprint density at radius 1 is 1.28 bits per heavy atom. The molecule has 1 rings (SSSR count). The van der Waals surface area contributed by atoms with E-state index in [1.54, 1.807) is 4.90 Å². The zero-order valence-corrected chi connectivity index (χ0v) is 11.6. The molecule has 1 fully saturated rings. The van der Waals surface area contributed by atoms with Crippen molar-refractivity contribution >= 4 is 24.3 Å². The minimum absolute atomic E-state index is 0.